The summed E-state index contributed by atoms with van der Waals surface area (Å²) >= 11 is 0. The van der Waals surface area contributed by atoms with Crippen LogP contribution in [0.15, 0.2) is 47.4 Å². The summed E-state index contributed by atoms with van der Waals surface area (Å²) in [5.41, 5.74) is 0.0230. The molecule has 0 bridgehead atoms. The Labute approximate surface area is 174 Å². The van der Waals surface area contributed by atoms with E-state index in [2.05, 4.69) is 0 Å². The van der Waals surface area contributed by atoms with Crippen molar-refractivity contribution in [2.75, 3.05) is 5.75 Å². The summed E-state index contributed by atoms with van der Waals surface area (Å²) in [7, 11) is -2.09. The molecular formula is C20H20N2O7S. The molecule has 3 rings (SSSR count). The van der Waals surface area contributed by atoms with Crippen molar-refractivity contribution in [3.63, 3.8) is 0 Å². The number of hydrogen-bond acceptors (Lipinski definition) is 7. The van der Waals surface area contributed by atoms with Crippen LogP contribution >= 0.6 is 0 Å². The summed E-state index contributed by atoms with van der Waals surface area (Å²) in [5, 5.41) is 22.0. The lowest BCUT2D eigenvalue weighted by atomic mass is 9.84. The lowest BCUT2D eigenvalue weighted by molar-refractivity contribution is -0.396. The Balaban J connectivity index is 1.65. The smallest absolute Gasteiger partial charge is 0.324 e. The molecule has 1 aliphatic rings. The van der Waals surface area contributed by atoms with Gasteiger partial charge in [0.05, 0.1) is 26.7 Å². The van der Waals surface area contributed by atoms with Gasteiger partial charge in [-0.3, -0.25) is 29.2 Å². The van der Waals surface area contributed by atoms with Gasteiger partial charge in [0.2, 0.25) is 0 Å². The lowest BCUT2D eigenvalue weighted by Gasteiger charge is -2.22. The molecule has 1 fully saturated rings. The molecule has 0 spiro atoms. The van der Waals surface area contributed by atoms with Crippen LogP contribution in [-0.4, -0.2) is 25.8 Å². The molecule has 1 atom stereocenters. The number of benzene rings is 2. The number of rotatable bonds is 7. The number of non-ortho nitro benzene ring substituents is 1. The fourth-order valence-electron chi connectivity index (χ4n) is 3.54. The predicted octanol–water partition coefficient (Wildman–Crippen LogP) is 4.26. The van der Waals surface area contributed by atoms with E-state index in [4.69, 9.17) is 4.74 Å². The number of hydrogen-bond donors (Lipinski definition) is 0. The molecule has 0 N–H and O–H groups in total. The van der Waals surface area contributed by atoms with E-state index < -0.39 is 43.7 Å². The average molecular weight is 432 g/mol. The van der Waals surface area contributed by atoms with Crippen molar-refractivity contribution in [2.45, 2.75) is 42.9 Å². The first-order valence-electron chi connectivity index (χ1n) is 9.47. The van der Waals surface area contributed by atoms with Crippen LogP contribution in [0.1, 0.15) is 43.6 Å². The monoisotopic (exact) mass is 432 g/mol. The zero-order chi connectivity index (χ0) is 21.7. The quantitative estimate of drug-likeness (QED) is 0.276. The molecule has 2 aromatic rings. The Bertz CT molecular complexity index is 985. The van der Waals surface area contributed by atoms with E-state index in [9.17, 15) is 29.2 Å². The number of nitrogens with zero attached hydrogens (tertiary/aromatic N) is 2. The molecule has 1 aliphatic carbocycles. The van der Waals surface area contributed by atoms with Crippen molar-refractivity contribution in [3.8, 4) is 5.75 Å². The second kappa shape index (κ2) is 9.57. The van der Waals surface area contributed by atoms with E-state index in [1.165, 1.54) is 24.8 Å². The third-order valence-corrected chi connectivity index (χ3v) is 6.37. The van der Waals surface area contributed by atoms with Crippen molar-refractivity contribution in [1.29, 1.82) is 0 Å². The zero-order valence-corrected chi connectivity index (χ0v) is 16.8. The van der Waals surface area contributed by atoms with Crippen LogP contribution in [0, 0.1) is 20.2 Å². The maximum atomic E-state index is 12.4. The lowest BCUT2D eigenvalue weighted by Crippen LogP contribution is -2.17. The normalized spacial score (nSPS) is 15.3. The first kappa shape index (κ1) is 21.6. The van der Waals surface area contributed by atoms with Crippen LogP contribution in [-0.2, 0) is 15.6 Å². The largest absolute Gasteiger partial charge is 0.426 e. The van der Waals surface area contributed by atoms with Gasteiger partial charge in [-0.05, 0) is 42.5 Å². The van der Waals surface area contributed by atoms with Crippen molar-refractivity contribution >= 4 is 28.1 Å². The summed E-state index contributed by atoms with van der Waals surface area (Å²) in [4.78, 5) is 32.2. The molecule has 1 saturated carbocycles. The van der Waals surface area contributed by atoms with Crippen LogP contribution in [0.3, 0.4) is 0 Å². The number of nitro benzene ring substituents is 2. The molecular weight excluding hydrogens is 412 g/mol. The Kier molecular flexibility index (Phi) is 6.88. The van der Waals surface area contributed by atoms with E-state index in [-0.39, 0.29) is 4.90 Å². The summed E-state index contributed by atoms with van der Waals surface area (Å²) in [6.07, 6.45) is 5.97. The maximum Gasteiger partial charge on any atom is 0.324 e. The van der Waals surface area contributed by atoms with Gasteiger partial charge in [0.25, 0.3) is 11.4 Å². The minimum atomic E-state index is -2.09. The molecule has 9 nitrogen and oxygen atoms in total. The number of esters is 1. The van der Waals surface area contributed by atoms with E-state index in [0.717, 1.165) is 31.0 Å². The zero-order valence-electron chi connectivity index (χ0n) is 16.0. The Morgan fingerprint density at radius 1 is 1.00 bits per heavy atom. The van der Waals surface area contributed by atoms with E-state index in [1.54, 1.807) is 12.1 Å². The predicted molar refractivity (Wildman–Crippen MR) is 109 cm³/mol. The highest BCUT2D eigenvalue weighted by Crippen LogP contribution is 2.33. The highest BCUT2D eigenvalue weighted by atomic mass is 32.2. The Morgan fingerprint density at radius 3 is 2.27 bits per heavy atom. The molecule has 0 heterocycles. The van der Waals surface area contributed by atoms with Crippen molar-refractivity contribution in [1.82, 2.24) is 0 Å². The van der Waals surface area contributed by atoms with Crippen LogP contribution in [0.25, 0.3) is 0 Å². The first-order valence-corrected chi connectivity index (χ1v) is 10.8. The number of ether oxygens (including phenoxy) is 1. The average Bonchev–Trinajstić information content (AvgIpc) is 2.74. The molecule has 1 unspecified atom stereocenters. The van der Waals surface area contributed by atoms with Crippen LogP contribution in [0.5, 0.6) is 5.75 Å². The Morgan fingerprint density at radius 2 is 1.67 bits per heavy atom. The van der Waals surface area contributed by atoms with Gasteiger partial charge in [-0.1, -0.05) is 31.4 Å². The molecule has 30 heavy (non-hydrogen) atoms. The SMILES string of the molecule is O=C(CS(=O)c1ccc([N+](=O)[O-])cc1[N+](=O)[O-])Oc1ccc(C2CCCCC2)cc1. The molecule has 10 heteroatoms. The van der Waals surface area contributed by atoms with Crippen molar-refractivity contribution < 1.29 is 23.6 Å². The summed E-state index contributed by atoms with van der Waals surface area (Å²) in [6, 6.07) is 9.95. The molecule has 0 saturated heterocycles. The van der Waals surface area contributed by atoms with E-state index >= 15 is 0 Å². The van der Waals surface area contributed by atoms with Gasteiger partial charge in [-0.25, -0.2) is 0 Å². The highest BCUT2D eigenvalue weighted by molar-refractivity contribution is 7.86. The van der Waals surface area contributed by atoms with Gasteiger partial charge in [0.15, 0.2) is 0 Å². The van der Waals surface area contributed by atoms with Crippen LogP contribution in [0.4, 0.5) is 11.4 Å². The fourth-order valence-corrected chi connectivity index (χ4v) is 4.56. The van der Waals surface area contributed by atoms with Gasteiger partial charge in [-0.15, -0.1) is 0 Å². The van der Waals surface area contributed by atoms with Gasteiger partial charge >= 0.3 is 5.97 Å². The minimum absolute atomic E-state index is 0.268. The number of carbonyl (C=O) groups excluding carboxylic acids is 1. The third-order valence-electron chi connectivity index (χ3n) is 5.03. The molecule has 2 aromatic carbocycles. The summed E-state index contributed by atoms with van der Waals surface area (Å²) in [6.45, 7) is 0. The summed E-state index contributed by atoms with van der Waals surface area (Å²) in [5.74, 6) is -0.608. The van der Waals surface area contributed by atoms with Gasteiger partial charge in [0.1, 0.15) is 16.4 Å². The second-order valence-corrected chi connectivity index (χ2v) is 8.45. The van der Waals surface area contributed by atoms with Crippen molar-refractivity contribution in [3.05, 3.63) is 68.3 Å². The van der Waals surface area contributed by atoms with Gasteiger partial charge < -0.3 is 4.74 Å². The maximum absolute atomic E-state index is 12.4. The second-order valence-electron chi connectivity index (χ2n) is 7.03. The van der Waals surface area contributed by atoms with E-state index in [0.29, 0.717) is 11.7 Å². The topological polar surface area (TPSA) is 130 Å². The minimum Gasteiger partial charge on any atom is -0.426 e. The van der Waals surface area contributed by atoms with Gasteiger partial charge in [-0.2, -0.15) is 0 Å². The van der Waals surface area contributed by atoms with Crippen LogP contribution < -0.4 is 4.74 Å². The molecule has 0 aliphatic heterocycles. The molecule has 0 radical (unpaired) electrons. The third kappa shape index (κ3) is 5.26. The van der Waals surface area contributed by atoms with Crippen LogP contribution in [0.2, 0.25) is 0 Å². The number of carbonyl (C=O) groups is 1. The van der Waals surface area contributed by atoms with Gasteiger partial charge in [0, 0.05) is 6.07 Å². The summed E-state index contributed by atoms with van der Waals surface area (Å²) < 4.78 is 17.6. The fraction of sp³-hybridized carbons (Fsp3) is 0.350. The standard InChI is InChI=1S/C20H20N2O7S/c23-20(29-17-9-6-15(7-10-17)14-4-2-1-3-5-14)13-30(28)19-11-8-16(21(24)25)12-18(19)22(26)27/h6-12,14H,1-5,13H2. The Hall–Kier alpha value is -3.14. The molecule has 0 aromatic heterocycles. The molecule has 0 amide bonds. The van der Waals surface area contributed by atoms with E-state index in [1.807, 2.05) is 12.1 Å². The first-order chi connectivity index (χ1) is 14.3. The molecule has 158 valence electrons. The van der Waals surface area contributed by atoms with Crippen molar-refractivity contribution in [2.24, 2.45) is 0 Å². The number of nitro groups is 2. The highest BCUT2D eigenvalue weighted by Gasteiger charge is 2.25.